The minimum Gasteiger partial charge on any atom is -0.361 e. The number of amides is 1. The average Bonchev–Trinajstić information content (AvgIpc) is 2.82. The van der Waals surface area contributed by atoms with E-state index in [9.17, 15) is 4.79 Å². The Labute approximate surface area is 99.5 Å². The molecule has 0 aliphatic heterocycles. The molecule has 0 saturated carbocycles. The minimum atomic E-state index is -0.0618. The molecule has 0 unspecified atom stereocenters. The molecule has 0 spiro atoms. The fraction of sp³-hybridized carbons (Fsp3) is 0.231. The van der Waals surface area contributed by atoms with Crippen molar-refractivity contribution in [1.29, 1.82) is 5.26 Å². The second kappa shape index (κ2) is 4.71. The van der Waals surface area contributed by atoms with E-state index in [1.807, 2.05) is 30.5 Å². The Balaban J connectivity index is 2.30. The van der Waals surface area contributed by atoms with Crippen LogP contribution >= 0.6 is 0 Å². The van der Waals surface area contributed by atoms with Gasteiger partial charge in [0.15, 0.2) is 0 Å². The molecule has 1 aromatic carbocycles. The summed E-state index contributed by atoms with van der Waals surface area (Å²) in [6, 6.07) is 9.58. The van der Waals surface area contributed by atoms with Crippen LogP contribution in [0.5, 0.6) is 0 Å². The zero-order valence-corrected chi connectivity index (χ0v) is 9.60. The largest absolute Gasteiger partial charge is 0.361 e. The van der Waals surface area contributed by atoms with Crippen molar-refractivity contribution in [1.82, 2.24) is 9.88 Å². The second-order valence-corrected chi connectivity index (χ2v) is 3.88. The molecule has 2 rings (SSSR count). The fourth-order valence-corrected chi connectivity index (χ4v) is 1.79. The lowest BCUT2D eigenvalue weighted by Gasteiger charge is -2.15. The highest BCUT2D eigenvalue weighted by Crippen LogP contribution is 2.18. The predicted octanol–water partition coefficient (Wildman–Crippen LogP) is 2.15. The number of fused-ring (bicyclic) bond motifs is 1. The Morgan fingerprint density at radius 3 is 3.06 bits per heavy atom. The third-order valence-electron chi connectivity index (χ3n) is 2.72. The van der Waals surface area contributed by atoms with E-state index in [4.69, 9.17) is 5.26 Å². The molecule has 2 aromatic rings. The summed E-state index contributed by atoms with van der Waals surface area (Å²) in [5, 5.41) is 9.53. The van der Waals surface area contributed by atoms with Crippen LogP contribution in [0.15, 0.2) is 30.5 Å². The van der Waals surface area contributed by atoms with Crippen molar-refractivity contribution in [2.75, 3.05) is 13.6 Å². The Morgan fingerprint density at radius 2 is 2.29 bits per heavy atom. The number of hydrogen-bond acceptors (Lipinski definition) is 2. The van der Waals surface area contributed by atoms with Crippen LogP contribution in [-0.4, -0.2) is 29.4 Å². The number of hydrogen-bond donors (Lipinski definition) is 1. The van der Waals surface area contributed by atoms with Crippen molar-refractivity contribution in [2.45, 2.75) is 6.42 Å². The number of nitriles is 1. The third kappa shape index (κ3) is 2.13. The summed E-state index contributed by atoms with van der Waals surface area (Å²) >= 11 is 0. The van der Waals surface area contributed by atoms with Gasteiger partial charge in [0.1, 0.15) is 0 Å². The molecule has 4 nitrogen and oxygen atoms in total. The van der Waals surface area contributed by atoms with Gasteiger partial charge in [-0.2, -0.15) is 5.26 Å². The molecule has 0 saturated heterocycles. The van der Waals surface area contributed by atoms with Crippen LogP contribution < -0.4 is 0 Å². The molecular formula is C13H13N3O. The van der Waals surface area contributed by atoms with Crippen LogP contribution in [0.1, 0.15) is 16.8 Å². The molecule has 1 aromatic heterocycles. The minimum absolute atomic E-state index is 0.0618. The first kappa shape index (κ1) is 11.2. The lowest BCUT2D eigenvalue weighted by Crippen LogP contribution is -2.27. The maximum Gasteiger partial charge on any atom is 0.255 e. The zero-order valence-electron chi connectivity index (χ0n) is 9.60. The highest BCUT2D eigenvalue weighted by molar-refractivity contribution is 6.05. The van der Waals surface area contributed by atoms with Gasteiger partial charge in [0.2, 0.25) is 0 Å². The first-order chi connectivity index (χ1) is 8.24. The van der Waals surface area contributed by atoms with Crippen molar-refractivity contribution in [3.8, 4) is 6.07 Å². The van der Waals surface area contributed by atoms with Crippen molar-refractivity contribution in [3.63, 3.8) is 0 Å². The molecule has 17 heavy (non-hydrogen) atoms. The molecule has 0 bridgehead atoms. The van der Waals surface area contributed by atoms with Crippen molar-refractivity contribution >= 4 is 16.8 Å². The molecular weight excluding hydrogens is 214 g/mol. The van der Waals surface area contributed by atoms with Crippen LogP contribution in [0.2, 0.25) is 0 Å². The monoisotopic (exact) mass is 227 g/mol. The number of benzene rings is 1. The zero-order chi connectivity index (χ0) is 12.3. The number of aromatic amines is 1. The predicted molar refractivity (Wildman–Crippen MR) is 65.5 cm³/mol. The van der Waals surface area contributed by atoms with Crippen LogP contribution in [0.4, 0.5) is 0 Å². The standard InChI is InChI=1S/C13H13N3O/c1-16(9-3-7-14)13(17)11-5-2-4-10-6-8-15-12(10)11/h2,4-6,8,15H,3,9H2,1H3. The molecule has 4 heteroatoms. The lowest BCUT2D eigenvalue weighted by molar-refractivity contribution is 0.0800. The SMILES string of the molecule is CN(CCC#N)C(=O)c1cccc2cc[nH]c12. The molecule has 0 atom stereocenters. The van der Waals surface area contributed by atoms with Gasteiger partial charge in [-0.05, 0) is 12.1 Å². The fourth-order valence-electron chi connectivity index (χ4n) is 1.79. The number of aromatic nitrogens is 1. The average molecular weight is 227 g/mol. The summed E-state index contributed by atoms with van der Waals surface area (Å²) in [6.45, 7) is 0.451. The quantitative estimate of drug-likeness (QED) is 0.873. The number of nitrogens with one attached hydrogen (secondary N) is 1. The van der Waals surface area contributed by atoms with Gasteiger partial charge < -0.3 is 9.88 Å². The van der Waals surface area contributed by atoms with Crippen molar-refractivity contribution in [3.05, 3.63) is 36.0 Å². The van der Waals surface area contributed by atoms with E-state index in [2.05, 4.69) is 4.98 Å². The molecule has 86 valence electrons. The maximum absolute atomic E-state index is 12.2. The Hall–Kier alpha value is -2.28. The normalized spacial score (nSPS) is 10.1. The topological polar surface area (TPSA) is 59.9 Å². The van der Waals surface area contributed by atoms with Crippen molar-refractivity contribution < 1.29 is 4.79 Å². The van der Waals surface area contributed by atoms with Gasteiger partial charge >= 0.3 is 0 Å². The van der Waals surface area contributed by atoms with Gasteiger partial charge in [-0.3, -0.25) is 4.79 Å². The van der Waals surface area contributed by atoms with E-state index >= 15 is 0 Å². The van der Waals surface area contributed by atoms with Crippen molar-refractivity contribution in [2.24, 2.45) is 0 Å². The Kier molecular flexibility index (Phi) is 3.10. The number of nitrogens with zero attached hydrogens (tertiary/aromatic N) is 2. The van der Waals surface area contributed by atoms with Crippen LogP contribution in [0.3, 0.4) is 0 Å². The van der Waals surface area contributed by atoms with Gasteiger partial charge in [-0.25, -0.2) is 0 Å². The summed E-state index contributed by atoms with van der Waals surface area (Å²) < 4.78 is 0. The maximum atomic E-state index is 12.2. The molecule has 0 fully saturated rings. The van der Waals surface area contributed by atoms with Crippen LogP contribution in [0.25, 0.3) is 10.9 Å². The van der Waals surface area contributed by atoms with E-state index in [-0.39, 0.29) is 5.91 Å². The molecule has 1 N–H and O–H groups in total. The van der Waals surface area contributed by atoms with Gasteiger partial charge in [0.25, 0.3) is 5.91 Å². The number of carbonyl (C=O) groups excluding carboxylic acids is 1. The summed E-state index contributed by atoms with van der Waals surface area (Å²) in [5.41, 5.74) is 1.49. The summed E-state index contributed by atoms with van der Waals surface area (Å²) in [4.78, 5) is 16.8. The van der Waals surface area contributed by atoms with Gasteiger partial charge in [0.05, 0.1) is 23.6 Å². The van der Waals surface area contributed by atoms with E-state index < -0.39 is 0 Å². The third-order valence-corrected chi connectivity index (χ3v) is 2.72. The first-order valence-electron chi connectivity index (χ1n) is 5.42. The highest BCUT2D eigenvalue weighted by atomic mass is 16.2. The van der Waals surface area contributed by atoms with Gasteiger partial charge in [-0.15, -0.1) is 0 Å². The summed E-state index contributed by atoms with van der Waals surface area (Å²) in [5.74, 6) is -0.0618. The van der Waals surface area contributed by atoms with E-state index in [0.29, 0.717) is 18.5 Å². The van der Waals surface area contributed by atoms with E-state index in [1.54, 1.807) is 18.0 Å². The van der Waals surface area contributed by atoms with Crippen LogP contribution in [0, 0.1) is 11.3 Å². The number of carbonyl (C=O) groups is 1. The first-order valence-corrected chi connectivity index (χ1v) is 5.42. The number of rotatable bonds is 3. The molecule has 0 aliphatic rings. The number of H-pyrrole nitrogens is 1. The molecule has 1 amide bonds. The molecule has 0 aliphatic carbocycles. The highest BCUT2D eigenvalue weighted by Gasteiger charge is 2.14. The molecule has 1 heterocycles. The number of para-hydroxylation sites is 1. The van der Waals surface area contributed by atoms with Crippen LogP contribution in [-0.2, 0) is 0 Å². The van der Waals surface area contributed by atoms with Gasteiger partial charge in [-0.1, -0.05) is 12.1 Å². The van der Waals surface area contributed by atoms with Gasteiger partial charge in [0, 0.05) is 25.2 Å². The molecule has 0 radical (unpaired) electrons. The second-order valence-electron chi connectivity index (χ2n) is 3.88. The summed E-state index contributed by atoms with van der Waals surface area (Å²) in [7, 11) is 1.71. The van der Waals surface area contributed by atoms with E-state index in [1.165, 1.54) is 0 Å². The Bertz CT molecular complexity index is 580. The smallest absolute Gasteiger partial charge is 0.255 e. The van der Waals surface area contributed by atoms with E-state index in [0.717, 1.165) is 10.9 Å². The summed E-state index contributed by atoms with van der Waals surface area (Å²) in [6.07, 6.45) is 2.17. The Morgan fingerprint density at radius 1 is 1.47 bits per heavy atom. The lowest BCUT2D eigenvalue weighted by atomic mass is 10.1.